The molecule has 0 saturated carbocycles. The SMILES string of the molecule is Cc1c(CO)nnn1-c1cc(O)c(O)c(O)c1. The lowest BCUT2D eigenvalue weighted by atomic mass is 10.2. The number of phenols is 3. The summed E-state index contributed by atoms with van der Waals surface area (Å²) < 4.78 is 1.34. The zero-order chi connectivity index (χ0) is 12.6. The fourth-order valence-corrected chi connectivity index (χ4v) is 1.46. The number of aromatic hydroxyl groups is 3. The van der Waals surface area contributed by atoms with Crippen LogP contribution in [0.15, 0.2) is 12.1 Å². The van der Waals surface area contributed by atoms with Gasteiger partial charge in [0.05, 0.1) is 18.0 Å². The molecule has 7 heteroatoms. The minimum atomic E-state index is -0.589. The zero-order valence-corrected chi connectivity index (χ0v) is 8.99. The standard InChI is InChI=1S/C10H11N3O4/c1-5-7(4-14)11-12-13(5)6-2-8(15)10(17)9(16)3-6/h2-3,14-17H,4H2,1H3. The van der Waals surface area contributed by atoms with Crippen molar-refractivity contribution in [2.75, 3.05) is 0 Å². The van der Waals surface area contributed by atoms with Crippen molar-refractivity contribution in [3.63, 3.8) is 0 Å². The van der Waals surface area contributed by atoms with Crippen molar-refractivity contribution in [2.45, 2.75) is 13.5 Å². The highest BCUT2D eigenvalue weighted by atomic mass is 16.3. The van der Waals surface area contributed by atoms with Crippen LogP contribution in [0.25, 0.3) is 5.69 Å². The Bertz CT molecular complexity index is 542. The van der Waals surface area contributed by atoms with E-state index < -0.39 is 17.2 Å². The van der Waals surface area contributed by atoms with Gasteiger partial charge in [-0.25, -0.2) is 4.68 Å². The molecule has 1 aromatic heterocycles. The van der Waals surface area contributed by atoms with Gasteiger partial charge in [-0.15, -0.1) is 5.10 Å². The Balaban J connectivity index is 2.57. The number of aliphatic hydroxyl groups is 1. The van der Waals surface area contributed by atoms with Gasteiger partial charge in [-0.1, -0.05) is 5.21 Å². The monoisotopic (exact) mass is 237 g/mol. The topological polar surface area (TPSA) is 112 Å². The van der Waals surface area contributed by atoms with E-state index in [4.69, 9.17) is 5.11 Å². The van der Waals surface area contributed by atoms with Crippen molar-refractivity contribution in [1.29, 1.82) is 0 Å². The number of benzene rings is 1. The second kappa shape index (κ2) is 3.95. The number of phenolic OH excluding ortho intramolecular Hbond substituents is 3. The molecule has 1 aromatic carbocycles. The summed E-state index contributed by atoms with van der Waals surface area (Å²) in [5.41, 5.74) is 1.32. The Morgan fingerprint density at radius 3 is 2.24 bits per heavy atom. The van der Waals surface area contributed by atoms with E-state index in [0.29, 0.717) is 17.1 Å². The van der Waals surface area contributed by atoms with Crippen LogP contribution in [-0.2, 0) is 6.61 Å². The molecule has 90 valence electrons. The van der Waals surface area contributed by atoms with Crippen molar-refractivity contribution in [2.24, 2.45) is 0 Å². The van der Waals surface area contributed by atoms with Crippen LogP contribution >= 0.6 is 0 Å². The Morgan fingerprint density at radius 2 is 1.76 bits per heavy atom. The lowest BCUT2D eigenvalue weighted by Gasteiger charge is -2.06. The third kappa shape index (κ3) is 1.76. The van der Waals surface area contributed by atoms with E-state index in [1.807, 2.05) is 0 Å². The average molecular weight is 237 g/mol. The van der Waals surface area contributed by atoms with Gasteiger partial charge in [0.15, 0.2) is 17.2 Å². The maximum absolute atomic E-state index is 9.38. The third-order valence-electron chi connectivity index (χ3n) is 2.44. The number of hydrogen-bond acceptors (Lipinski definition) is 6. The molecule has 0 atom stereocenters. The first-order valence-corrected chi connectivity index (χ1v) is 4.82. The predicted molar refractivity (Wildman–Crippen MR) is 57.0 cm³/mol. The minimum Gasteiger partial charge on any atom is -0.504 e. The van der Waals surface area contributed by atoms with Gasteiger partial charge in [0.1, 0.15) is 5.69 Å². The van der Waals surface area contributed by atoms with Crippen LogP contribution in [0.4, 0.5) is 0 Å². The molecule has 0 saturated heterocycles. The number of hydrogen-bond donors (Lipinski definition) is 4. The van der Waals surface area contributed by atoms with Gasteiger partial charge >= 0.3 is 0 Å². The summed E-state index contributed by atoms with van der Waals surface area (Å²) in [6, 6.07) is 2.47. The van der Waals surface area contributed by atoms with Crippen LogP contribution in [0.3, 0.4) is 0 Å². The van der Waals surface area contributed by atoms with E-state index in [2.05, 4.69) is 10.3 Å². The summed E-state index contributed by atoms with van der Waals surface area (Å²) in [5, 5.41) is 44.4. The number of rotatable bonds is 2. The van der Waals surface area contributed by atoms with E-state index in [9.17, 15) is 15.3 Å². The highest BCUT2D eigenvalue weighted by Gasteiger charge is 2.13. The quantitative estimate of drug-likeness (QED) is 0.554. The van der Waals surface area contributed by atoms with Crippen LogP contribution in [0.2, 0.25) is 0 Å². The molecule has 17 heavy (non-hydrogen) atoms. The van der Waals surface area contributed by atoms with Crippen LogP contribution in [-0.4, -0.2) is 35.4 Å². The molecule has 2 aromatic rings. The van der Waals surface area contributed by atoms with Gasteiger partial charge in [0, 0.05) is 12.1 Å². The van der Waals surface area contributed by atoms with Gasteiger partial charge in [-0.3, -0.25) is 0 Å². The molecule has 1 heterocycles. The highest BCUT2D eigenvalue weighted by Crippen LogP contribution is 2.36. The summed E-state index contributed by atoms with van der Waals surface area (Å²) in [5.74, 6) is -1.50. The van der Waals surface area contributed by atoms with E-state index >= 15 is 0 Å². The van der Waals surface area contributed by atoms with Crippen LogP contribution in [0.1, 0.15) is 11.4 Å². The van der Waals surface area contributed by atoms with Crippen LogP contribution in [0.5, 0.6) is 17.2 Å². The molecule has 0 aliphatic heterocycles. The molecular weight excluding hydrogens is 226 g/mol. The minimum absolute atomic E-state index is 0.248. The summed E-state index contributed by atoms with van der Waals surface area (Å²) in [4.78, 5) is 0. The molecule has 2 rings (SSSR count). The third-order valence-corrected chi connectivity index (χ3v) is 2.44. The largest absolute Gasteiger partial charge is 0.504 e. The van der Waals surface area contributed by atoms with E-state index in [0.717, 1.165) is 0 Å². The van der Waals surface area contributed by atoms with Crippen molar-refractivity contribution < 1.29 is 20.4 Å². The maximum Gasteiger partial charge on any atom is 0.200 e. The van der Waals surface area contributed by atoms with Crippen molar-refractivity contribution in [3.8, 4) is 22.9 Å². The zero-order valence-electron chi connectivity index (χ0n) is 8.99. The highest BCUT2D eigenvalue weighted by molar-refractivity contribution is 5.56. The van der Waals surface area contributed by atoms with E-state index in [1.54, 1.807) is 6.92 Å². The van der Waals surface area contributed by atoms with Crippen LogP contribution in [0, 0.1) is 6.92 Å². The lowest BCUT2D eigenvalue weighted by Crippen LogP contribution is -1.99. The molecule has 7 nitrogen and oxygen atoms in total. The summed E-state index contributed by atoms with van der Waals surface area (Å²) in [6.45, 7) is 1.44. The Kier molecular flexibility index (Phi) is 2.60. The predicted octanol–water partition coefficient (Wildman–Crippen LogP) is 0.185. The number of nitrogens with zero attached hydrogens (tertiary/aromatic N) is 3. The van der Waals surface area contributed by atoms with Gasteiger partial charge in [0.25, 0.3) is 0 Å². The number of aromatic nitrogens is 3. The van der Waals surface area contributed by atoms with Gasteiger partial charge < -0.3 is 20.4 Å². The first-order valence-electron chi connectivity index (χ1n) is 4.82. The lowest BCUT2D eigenvalue weighted by molar-refractivity contribution is 0.276. The van der Waals surface area contributed by atoms with Crippen molar-refractivity contribution >= 4 is 0 Å². The van der Waals surface area contributed by atoms with Gasteiger partial charge in [-0.2, -0.15) is 0 Å². The van der Waals surface area contributed by atoms with Gasteiger partial charge in [0.2, 0.25) is 0 Å². The first-order chi connectivity index (χ1) is 8.04. The molecule has 0 amide bonds. The van der Waals surface area contributed by atoms with Gasteiger partial charge in [-0.05, 0) is 6.92 Å². The molecule has 0 aliphatic carbocycles. The normalized spacial score (nSPS) is 10.7. The first kappa shape index (κ1) is 11.2. The van der Waals surface area contributed by atoms with E-state index in [1.165, 1.54) is 16.8 Å². The molecule has 0 fully saturated rings. The molecule has 0 radical (unpaired) electrons. The molecule has 0 bridgehead atoms. The Labute approximate surface area is 96.2 Å². The summed E-state index contributed by atoms with van der Waals surface area (Å²) in [7, 11) is 0. The Morgan fingerprint density at radius 1 is 1.18 bits per heavy atom. The molecule has 0 spiro atoms. The molecule has 0 aliphatic rings. The average Bonchev–Trinajstić information content (AvgIpc) is 2.66. The molecule has 0 unspecified atom stereocenters. The second-order valence-corrected chi connectivity index (χ2v) is 3.52. The second-order valence-electron chi connectivity index (χ2n) is 3.52. The van der Waals surface area contributed by atoms with Crippen molar-refractivity contribution in [3.05, 3.63) is 23.5 Å². The number of aliphatic hydroxyl groups excluding tert-OH is 1. The molecule has 4 N–H and O–H groups in total. The molecular formula is C10H11N3O4. The fourth-order valence-electron chi connectivity index (χ4n) is 1.46. The smallest absolute Gasteiger partial charge is 0.200 e. The maximum atomic E-state index is 9.38. The summed E-state index contributed by atoms with van der Waals surface area (Å²) in [6.07, 6.45) is 0. The fraction of sp³-hybridized carbons (Fsp3) is 0.200. The Hall–Kier alpha value is -2.28. The van der Waals surface area contributed by atoms with E-state index in [-0.39, 0.29) is 6.61 Å². The van der Waals surface area contributed by atoms with Crippen LogP contribution < -0.4 is 0 Å². The van der Waals surface area contributed by atoms with Crippen molar-refractivity contribution in [1.82, 2.24) is 15.0 Å². The summed E-state index contributed by atoms with van der Waals surface area (Å²) >= 11 is 0.